The minimum Gasteiger partial charge on any atom is -0.412 e. The second-order valence-corrected chi connectivity index (χ2v) is 4.98. The molecule has 0 bridgehead atoms. The molecule has 0 saturated heterocycles. The highest BCUT2D eigenvalue weighted by Gasteiger charge is 2.23. The summed E-state index contributed by atoms with van der Waals surface area (Å²) < 4.78 is 1.43. The quantitative estimate of drug-likeness (QED) is 0.602. The van der Waals surface area contributed by atoms with Crippen LogP contribution in [0.3, 0.4) is 0 Å². The lowest BCUT2D eigenvalue weighted by Crippen LogP contribution is -2.15. The van der Waals surface area contributed by atoms with Crippen LogP contribution >= 0.6 is 15.9 Å². The van der Waals surface area contributed by atoms with E-state index in [1.807, 2.05) is 0 Å². The minimum atomic E-state index is 0. The van der Waals surface area contributed by atoms with Crippen molar-refractivity contribution < 1.29 is 5.48 Å². The van der Waals surface area contributed by atoms with Gasteiger partial charge in [0, 0.05) is 0 Å². The molecule has 0 spiro atoms. The Kier molecular flexibility index (Phi) is 3.78. The van der Waals surface area contributed by atoms with E-state index in [1.165, 1.54) is 23.7 Å². The van der Waals surface area contributed by atoms with Gasteiger partial charge in [-0.25, -0.2) is 0 Å². The molecule has 0 unspecified atom stereocenters. The Bertz CT molecular complexity index is 170. The van der Waals surface area contributed by atoms with Gasteiger partial charge in [0.1, 0.15) is 0 Å². The molecule has 1 nitrogen and oxygen atoms in total. The monoisotopic (exact) mass is 220 g/mol. The van der Waals surface area contributed by atoms with Gasteiger partial charge >= 0.3 is 0 Å². The van der Waals surface area contributed by atoms with Gasteiger partial charge < -0.3 is 5.48 Å². The van der Waals surface area contributed by atoms with Gasteiger partial charge in [0.2, 0.25) is 0 Å². The summed E-state index contributed by atoms with van der Waals surface area (Å²) >= 11 is 3.61. The number of halogens is 1. The number of allylic oxidation sites excluding steroid dienone is 2. The van der Waals surface area contributed by atoms with Crippen LogP contribution < -0.4 is 0 Å². The molecule has 1 aliphatic rings. The molecule has 0 fully saturated rings. The van der Waals surface area contributed by atoms with E-state index >= 15 is 0 Å². The number of rotatable bonds is 0. The predicted molar refractivity (Wildman–Crippen MR) is 52.9 cm³/mol. The van der Waals surface area contributed by atoms with Crippen LogP contribution in [0, 0.1) is 5.41 Å². The molecule has 0 radical (unpaired) electrons. The van der Waals surface area contributed by atoms with E-state index in [4.69, 9.17) is 0 Å². The van der Waals surface area contributed by atoms with Gasteiger partial charge in [0.15, 0.2) is 0 Å². The van der Waals surface area contributed by atoms with E-state index in [0.29, 0.717) is 5.41 Å². The normalized spacial score (nSPS) is 22.9. The first-order chi connectivity index (χ1) is 4.51. The second kappa shape index (κ2) is 3.72. The summed E-state index contributed by atoms with van der Waals surface area (Å²) in [5.41, 5.74) is 2.07. The van der Waals surface area contributed by atoms with Gasteiger partial charge in [-0.3, -0.25) is 0 Å². The molecule has 0 aromatic rings. The van der Waals surface area contributed by atoms with Gasteiger partial charge in [-0.2, -0.15) is 0 Å². The molecule has 0 aromatic heterocycles. The van der Waals surface area contributed by atoms with Crippen LogP contribution in [-0.2, 0) is 0 Å². The smallest absolute Gasteiger partial charge is 0.00548 e. The van der Waals surface area contributed by atoms with Crippen molar-refractivity contribution in [3.63, 3.8) is 0 Å². The maximum Gasteiger partial charge on any atom is -0.00548 e. The molecule has 0 aliphatic heterocycles. The maximum absolute atomic E-state index is 3.61. The Balaban J connectivity index is 0.000001000. The summed E-state index contributed by atoms with van der Waals surface area (Å²) in [6.45, 7) is 6.89. The fourth-order valence-electron chi connectivity index (χ4n) is 1.32. The van der Waals surface area contributed by atoms with Crippen molar-refractivity contribution >= 4 is 15.9 Å². The van der Waals surface area contributed by atoms with Crippen molar-refractivity contribution in [1.29, 1.82) is 0 Å². The van der Waals surface area contributed by atoms with Crippen LogP contribution in [0.1, 0.15) is 40.0 Å². The summed E-state index contributed by atoms with van der Waals surface area (Å²) in [5.74, 6) is 0. The van der Waals surface area contributed by atoms with Gasteiger partial charge in [0.05, 0.1) is 0 Å². The summed E-state index contributed by atoms with van der Waals surface area (Å²) in [7, 11) is 0. The van der Waals surface area contributed by atoms with Crippen molar-refractivity contribution in [3.05, 3.63) is 10.1 Å². The zero-order valence-electron chi connectivity index (χ0n) is 7.50. The number of hydrogen-bond donors (Lipinski definition) is 0. The maximum atomic E-state index is 3.61. The fraction of sp³-hybridized carbons (Fsp3) is 0.778. The first-order valence-electron chi connectivity index (χ1n) is 3.85. The molecule has 0 saturated carbocycles. The minimum absolute atomic E-state index is 0. The van der Waals surface area contributed by atoms with E-state index < -0.39 is 0 Å². The molecule has 1 aliphatic carbocycles. The van der Waals surface area contributed by atoms with Gasteiger partial charge in [-0.1, -0.05) is 35.4 Å². The molecule has 0 heterocycles. The van der Waals surface area contributed by atoms with E-state index in [0.717, 1.165) is 0 Å². The molecule has 1 rings (SSSR count). The Morgan fingerprint density at radius 1 is 1.36 bits per heavy atom. The van der Waals surface area contributed by atoms with Crippen LogP contribution in [0.4, 0.5) is 0 Å². The molecule has 2 N–H and O–H groups in total. The fourth-order valence-corrected chi connectivity index (χ4v) is 2.28. The van der Waals surface area contributed by atoms with Crippen molar-refractivity contribution in [1.82, 2.24) is 0 Å². The number of hydrogen-bond acceptors (Lipinski definition) is 0. The predicted octanol–water partition coefficient (Wildman–Crippen LogP) is 3.04. The summed E-state index contributed by atoms with van der Waals surface area (Å²) in [6.07, 6.45) is 3.83. The van der Waals surface area contributed by atoms with E-state index in [2.05, 4.69) is 36.7 Å². The molecule has 0 aromatic carbocycles. The Hall–Kier alpha value is 0.180. The molecule has 0 atom stereocenters. The highest BCUT2D eigenvalue weighted by molar-refractivity contribution is 9.11. The van der Waals surface area contributed by atoms with Crippen LogP contribution in [0.15, 0.2) is 10.1 Å². The lowest BCUT2D eigenvalue weighted by atomic mass is 9.79. The Labute approximate surface area is 77.3 Å². The zero-order chi connectivity index (χ0) is 7.78. The van der Waals surface area contributed by atoms with Gasteiger partial charge in [0.25, 0.3) is 0 Å². The highest BCUT2D eigenvalue weighted by atomic mass is 79.9. The molecule has 66 valence electrons. The molecule has 2 heteroatoms. The van der Waals surface area contributed by atoms with E-state index in [9.17, 15) is 0 Å². The highest BCUT2D eigenvalue weighted by Crippen LogP contribution is 2.40. The van der Waals surface area contributed by atoms with Crippen LogP contribution in [-0.4, -0.2) is 5.48 Å². The lowest BCUT2D eigenvalue weighted by molar-refractivity contribution is 0.322. The van der Waals surface area contributed by atoms with E-state index in [-0.39, 0.29) is 5.48 Å². The van der Waals surface area contributed by atoms with Gasteiger partial charge in [-0.15, -0.1) is 0 Å². The second-order valence-electron chi connectivity index (χ2n) is 4.03. The van der Waals surface area contributed by atoms with Crippen molar-refractivity contribution in [3.8, 4) is 0 Å². The molecular weight excluding hydrogens is 204 g/mol. The van der Waals surface area contributed by atoms with Gasteiger partial charge in [-0.05, 0) is 36.1 Å². The van der Waals surface area contributed by atoms with Crippen LogP contribution in [0.25, 0.3) is 0 Å². The lowest BCUT2D eigenvalue weighted by Gasteiger charge is -2.29. The first-order valence-corrected chi connectivity index (χ1v) is 4.65. The Morgan fingerprint density at radius 3 is 2.27 bits per heavy atom. The van der Waals surface area contributed by atoms with Crippen molar-refractivity contribution in [2.45, 2.75) is 40.0 Å². The van der Waals surface area contributed by atoms with Crippen molar-refractivity contribution in [2.24, 2.45) is 5.41 Å². The topological polar surface area (TPSA) is 31.5 Å². The standard InChI is InChI=1S/C9H15Br.H2O/c1-7-4-5-9(2,3)6-8(7)10;/h4-6H2,1-3H3;1H2. The largest absolute Gasteiger partial charge is 0.412 e. The molecule has 0 amide bonds. The molecular formula is C9H17BrO. The third-order valence-corrected chi connectivity index (χ3v) is 3.23. The average molecular weight is 221 g/mol. The SMILES string of the molecule is CC1=C(Br)CC(C)(C)CC1.O. The van der Waals surface area contributed by atoms with E-state index in [1.54, 1.807) is 5.57 Å². The Morgan fingerprint density at radius 2 is 1.91 bits per heavy atom. The average Bonchev–Trinajstić information content (AvgIpc) is 1.79. The van der Waals surface area contributed by atoms with Crippen molar-refractivity contribution in [2.75, 3.05) is 0 Å². The summed E-state index contributed by atoms with van der Waals surface area (Å²) in [6, 6.07) is 0. The third kappa shape index (κ3) is 2.96. The summed E-state index contributed by atoms with van der Waals surface area (Å²) in [4.78, 5) is 0. The summed E-state index contributed by atoms with van der Waals surface area (Å²) in [5, 5.41) is 0. The first kappa shape index (κ1) is 11.2. The zero-order valence-corrected chi connectivity index (χ0v) is 9.09. The molecule has 11 heavy (non-hydrogen) atoms. The van der Waals surface area contributed by atoms with Crippen LogP contribution in [0.2, 0.25) is 0 Å². The third-order valence-electron chi connectivity index (χ3n) is 2.27. The van der Waals surface area contributed by atoms with Crippen LogP contribution in [0.5, 0.6) is 0 Å².